The molecule has 46 heavy (non-hydrogen) atoms. The second kappa shape index (κ2) is 11.1. The van der Waals surface area contributed by atoms with Gasteiger partial charge in [0.25, 0.3) is 0 Å². The van der Waals surface area contributed by atoms with Gasteiger partial charge in [-0.15, -0.1) is 11.3 Å². The highest BCUT2D eigenvalue weighted by Crippen LogP contribution is 2.60. The molecule has 1 spiro atoms. The highest BCUT2D eigenvalue weighted by molar-refractivity contribution is 7.17. The fraction of sp³-hybridized carbons (Fsp3) is 0.581. The predicted octanol–water partition coefficient (Wildman–Crippen LogP) is 5.90. The normalized spacial score (nSPS) is 23.5. The number of likely N-dealkylation sites (tertiary alicyclic amines) is 1. The highest BCUT2D eigenvalue weighted by Gasteiger charge is 2.71. The molecule has 4 heterocycles. The molecule has 2 aliphatic heterocycles. The summed E-state index contributed by atoms with van der Waals surface area (Å²) in [5, 5.41) is 10.1. The number of halogens is 5. The molecule has 4 fully saturated rings. The van der Waals surface area contributed by atoms with E-state index in [9.17, 15) is 36.6 Å². The van der Waals surface area contributed by atoms with E-state index < -0.39 is 34.8 Å². The van der Waals surface area contributed by atoms with Crippen molar-refractivity contribution in [3.63, 3.8) is 0 Å². The molecule has 1 unspecified atom stereocenters. The van der Waals surface area contributed by atoms with E-state index >= 15 is 0 Å². The van der Waals surface area contributed by atoms with E-state index in [1.54, 1.807) is 23.7 Å². The SMILES string of the molecule is O=C(O)c1c(COCC2CN(c3ncnc4ncsc34)CC23CN(C(=O)C2(C(F)(F)F)CC2)C3)cccc1C1CCC(F)(F)CC1. The van der Waals surface area contributed by atoms with Gasteiger partial charge in [0.15, 0.2) is 11.5 Å². The maximum atomic E-state index is 13.8. The number of aromatic nitrogens is 3. The van der Waals surface area contributed by atoms with E-state index in [1.165, 1.54) is 22.6 Å². The number of ether oxygens (including phenoxy) is 1. The van der Waals surface area contributed by atoms with Gasteiger partial charge >= 0.3 is 12.1 Å². The molecule has 2 aliphatic carbocycles. The van der Waals surface area contributed by atoms with Crippen molar-refractivity contribution in [3.05, 3.63) is 46.7 Å². The second-order valence-electron chi connectivity index (χ2n) is 13.2. The Labute approximate surface area is 264 Å². The lowest BCUT2D eigenvalue weighted by atomic mass is 9.71. The van der Waals surface area contributed by atoms with Crippen molar-refractivity contribution in [1.29, 1.82) is 0 Å². The first kappa shape index (κ1) is 31.2. The van der Waals surface area contributed by atoms with Crippen LogP contribution in [0.4, 0.5) is 27.8 Å². The molecule has 9 nitrogen and oxygen atoms in total. The lowest BCUT2D eigenvalue weighted by molar-refractivity contribution is -0.205. The third kappa shape index (κ3) is 5.28. The average Bonchev–Trinajstić information content (AvgIpc) is 3.53. The first-order valence-electron chi connectivity index (χ1n) is 15.3. The molecule has 1 aromatic carbocycles. The number of aromatic carboxylic acids is 1. The summed E-state index contributed by atoms with van der Waals surface area (Å²) in [6, 6.07) is 5.05. The summed E-state index contributed by atoms with van der Waals surface area (Å²) >= 11 is 1.38. The summed E-state index contributed by atoms with van der Waals surface area (Å²) in [6.07, 6.45) is -3.77. The molecule has 2 saturated carbocycles. The zero-order chi connectivity index (χ0) is 32.5. The van der Waals surface area contributed by atoms with Gasteiger partial charge in [-0.3, -0.25) is 4.79 Å². The molecule has 3 aromatic rings. The average molecular weight is 666 g/mol. The van der Waals surface area contributed by atoms with Crippen LogP contribution < -0.4 is 4.90 Å². The Morgan fingerprint density at radius 1 is 1.04 bits per heavy atom. The fourth-order valence-corrected chi connectivity index (χ4v) is 8.35. The lowest BCUT2D eigenvalue weighted by Crippen LogP contribution is -2.65. The van der Waals surface area contributed by atoms with Crippen LogP contribution in [0.3, 0.4) is 0 Å². The largest absolute Gasteiger partial charge is 0.478 e. The monoisotopic (exact) mass is 665 g/mol. The molecule has 0 bridgehead atoms. The van der Waals surface area contributed by atoms with Crippen LogP contribution in [-0.2, 0) is 16.1 Å². The molecule has 1 N–H and O–H groups in total. The maximum absolute atomic E-state index is 13.8. The Hall–Kier alpha value is -3.46. The fourth-order valence-electron chi connectivity index (χ4n) is 7.60. The van der Waals surface area contributed by atoms with E-state index in [0.717, 1.165) is 4.70 Å². The number of rotatable bonds is 8. The van der Waals surface area contributed by atoms with Gasteiger partial charge < -0.3 is 19.6 Å². The van der Waals surface area contributed by atoms with Gasteiger partial charge in [0, 0.05) is 50.4 Å². The Bertz CT molecular complexity index is 1660. The molecule has 246 valence electrons. The molecule has 0 radical (unpaired) electrons. The van der Waals surface area contributed by atoms with Crippen LogP contribution in [0.5, 0.6) is 0 Å². The number of amides is 1. The molecule has 15 heteroatoms. The summed E-state index contributed by atoms with van der Waals surface area (Å²) in [5.74, 6) is -4.60. The van der Waals surface area contributed by atoms with Gasteiger partial charge in [0.1, 0.15) is 16.4 Å². The van der Waals surface area contributed by atoms with Crippen LogP contribution in [-0.4, -0.2) is 81.7 Å². The molecule has 1 atom stereocenters. The molecular weight excluding hydrogens is 633 g/mol. The Morgan fingerprint density at radius 2 is 1.78 bits per heavy atom. The van der Waals surface area contributed by atoms with Crippen LogP contribution in [0.2, 0.25) is 0 Å². The molecule has 4 aliphatic rings. The van der Waals surface area contributed by atoms with E-state index in [-0.39, 0.29) is 82.2 Å². The van der Waals surface area contributed by atoms with Crippen molar-refractivity contribution in [2.75, 3.05) is 37.7 Å². The topological polar surface area (TPSA) is 109 Å². The van der Waals surface area contributed by atoms with E-state index in [1.807, 2.05) is 4.90 Å². The minimum absolute atomic E-state index is 0.0443. The first-order chi connectivity index (χ1) is 21.8. The van der Waals surface area contributed by atoms with Gasteiger partial charge in [-0.25, -0.2) is 28.5 Å². The molecule has 1 amide bonds. The summed E-state index contributed by atoms with van der Waals surface area (Å²) in [5.41, 5.74) is 0.389. The lowest BCUT2D eigenvalue weighted by Gasteiger charge is -2.52. The predicted molar refractivity (Wildman–Crippen MR) is 157 cm³/mol. The number of anilines is 1. The van der Waals surface area contributed by atoms with E-state index in [0.29, 0.717) is 35.7 Å². The summed E-state index contributed by atoms with van der Waals surface area (Å²) in [4.78, 5) is 41.7. The number of nitrogens with zero attached hydrogens (tertiary/aromatic N) is 5. The van der Waals surface area contributed by atoms with Crippen molar-refractivity contribution in [3.8, 4) is 0 Å². The minimum Gasteiger partial charge on any atom is -0.478 e. The van der Waals surface area contributed by atoms with Crippen molar-refractivity contribution >= 4 is 39.4 Å². The summed E-state index contributed by atoms with van der Waals surface area (Å²) < 4.78 is 75.8. The number of hydrogen-bond acceptors (Lipinski definition) is 8. The van der Waals surface area contributed by atoms with Gasteiger partial charge in [-0.1, -0.05) is 18.2 Å². The van der Waals surface area contributed by atoms with Crippen molar-refractivity contribution < 1.29 is 41.4 Å². The number of carbonyl (C=O) groups excluding carboxylic acids is 1. The maximum Gasteiger partial charge on any atom is 0.403 e. The van der Waals surface area contributed by atoms with Gasteiger partial charge in [0.05, 0.1) is 24.3 Å². The van der Waals surface area contributed by atoms with Crippen LogP contribution in [0.15, 0.2) is 30.0 Å². The van der Waals surface area contributed by atoms with Gasteiger partial charge in [-0.2, -0.15) is 13.2 Å². The summed E-state index contributed by atoms with van der Waals surface area (Å²) in [6.45, 7) is 1.31. The number of carboxylic acids is 1. The number of carboxylic acid groups (broad SMARTS) is 1. The molecule has 2 aromatic heterocycles. The van der Waals surface area contributed by atoms with Gasteiger partial charge in [-0.05, 0) is 42.7 Å². The number of alkyl halides is 5. The van der Waals surface area contributed by atoms with Crippen LogP contribution in [0.25, 0.3) is 10.3 Å². The van der Waals surface area contributed by atoms with Gasteiger partial charge in [0.2, 0.25) is 11.8 Å². The minimum atomic E-state index is -4.59. The Balaban J connectivity index is 1.09. The molecular formula is C31H32F5N5O4S. The quantitative estimate of drug-likeness (QED) is 0.297. The van der Waals surface area contributed by atoms with E-state index in [2.05, 4.69) is 15.0 Å². The third-order valence-electron chi connectivity index (χ3n) is 10.4. The van der Waals surface area contributed by atoms with Crippen molar-refractivity contribution in [1.82, 2.24) is 19.9 Å². The standard InChI is InChI=1S/C31H32F5N5O4S/c32-30(33)6-4-18(5-7-30)21-3-1-2-19(22(21)26(42)43)11-45-12-20-10-40(25-23-24(37-16-38-25)39-17-46-23)13-28(20)14-41(15-28)27(44)29(8-9-29)31(34,35)36/h1-3,16-18,20H,4-15H2,(H,42,43). The zero-order valence-corrected chi connectivity index (χ0v) is 25.5. The van der Waals surface area contributed by atoms with Crippen molar-refractivity contribution in [2.24, 2.45) is 16.7 Å². The van der Waals surface area contributed by atoms with Crippen LogP contribution in [0.1, 0.15) is 65.9 Å². The van der Waals surface area contributed by atoms with E-state index in [4.69, 9.17) is 4.74 Å². The Morgan fingerprint density at radius 3 is 2.46 bits per heavy atom. The number of benzene rings is 1. The van der Waals surface area contributed by atoms with Crippen molar-refractivity contribution in [2.45, 2.75) is 63.1 Å². The van der Waals surface area contributed by atoms with Crippen LogP contribution >= 0.6 is 11.3 Å². The zero-order valence-electron chi connectivity index (χ0n) is 24.7. The second-order valence-corrected chi connectivity index (χ2v) is 14.1. The summed E-state index contributed by atoms with van der Waals surface area (Å²) in [7, 11) is 0. The number of thiazole rings is 1. The smallest absolute Gasteiger partial charge is 0.403 e. The molecule has 2 saturated heterocycles. The number of hydrogen-bond donors (Lipinski definition) is 1. The number of carbonyl (C=O) groups is 2. The highest BCUT2D eigenvalue weighted by atomic mass is 32.1. The first-order valence-corrected chi connectivity index (χ1v) is 16.2. The number of fused-ring (bicyclic) bond motifs is 1. The van der Waals surface area contributed by atoms with Crippen LogP contribution in [0, 0.1) is 16.7 Å². The third-order valence-corrected chi connectivity index (χ3v) is 11.2. The Kier molecular flexibility index (Phi) is 7.50. The molecule has 7 rings (SSSR count).